The maximum absolute atomic E-state index is 8.99. The Morgan fingerprint density at radius 2 is 1.50 bits per heavy atom. The fourth-order valence-corrected chi connectivity index (χ4v) is 1.72. The third kappa shape index (κ3) is 8.52. The van der Waals surface area contributed by atoms with Crippen LogP contribution in [0.25, 0.3) is 0 Å². The molecule has 0 rings (SSSR count). The van der Waals surface area contributed by atoms with Gasteiger partial charge in [-0.1, -0.05) is 45.4 Å². The van der Waals surface area contributed by atoms with Crippen LogP contribution in [0.1, 0.15) is 58.3 Å². The zero-order valence-corrected chi connectivity index (χ0v) is 9.54. The Balaban J connectivity index is 3.15. The highest BCUT2D eigenvalue weighted by molar-refractivity contribution is 4.57. The van der Waals surface area contributed by atoms with Crippen molar-refractivity contribution in [3.63, 3.8) is 0 Å². The molecule has 86 valence electrons. The minimum absolute atomic E-state index is 0.209. The van der Waals surface area contributed by atoms with Gasteiger partial charge in [0.25, 0.3) is 0 Å². The Hall–Kier alpha value is -0.0800. The lowest BCUT2D eigenvalue weighted by atomic mass is 9.98. The van der Waals surface area contributed by atoms with Crippen molar-refractivity contribution >= 4 is 0 Å². The minimum atomic E-state index is 0.209. The van der Waals surface area contributed by atoms with E-state index in [1.54, 1.807) is 0 Å². The molecule has 0 aromatic heterocycles. The van der Waals surface area contributed by atoms with E-state index in [0.717, 1.165) is 12.8 Å². The lowest BCUT2D eigenvalue weighted by Gasteiger charge is -2.11. The van der Waals surface area contributed by atoms with Crippen molar-refractivity contribution in [2.24, 2.45) is 5.92 Å². The lowest BCUT2D eigenvalue weighted by Crippen LogP contribution is -2.07. The normalized spacial score (nSPS) is 13.1. The van der Waals surface area contributed by atoms with Crippen LogP contribution in [0, 0.1) is 5.92 Å². The summed E-state index contributed by atoms with van der Waals surface area (Å²) in [6, 6.07) is 0. The highest BCUT2D eigenvalue weighted by Gasteiger charge is 2.05. The second-order valence-electron chi connectivity index (χ2n) is 4.12. The molecule has 0 aromatic rings. The quantitative estimate of drug-likeness (QED) is 0.535. The van der Waals surface area contributed by atoms with E-state index < -0.39 is 0 Å². The first kappa shape index (κ1) is 13.9. The van der Waals surface area contributed by atoms with Gasteiger partial charge in [0.2, 0.25) is 0 Å². The molecule has 14 heavy (non-hydrogen) atoms. The smallest absolute Gasteiger partial charge is 0.0460 e. The Bertz CT molecular complexity index is 104. The monoisotopic (exact) mass is 202 g/mol. The first-order chi connectivity index (χ1) is 6.85. The summed E-state index contributed by atoms with van der Waals surface area (Å²) in [6.07, 6.45) is 9.63. The molecule has 0 unspecified atom stereocenters. The van der Waals surface area contributed by atoms with Crippen LogP contribution in [0.4, 0.5) is 0 Å². The second-order valence-corrected chi connectivity index (χ2v) is 4.12. The van der Waals surface area contributed by atoms with Gasteiger partial charge in [0, 0.05) is 13.2 Å². The summed E-state index contributed by atoms with van der Waals surface area (Å²) in [4.78, 5) is 0. The summed E-state index contributed by atoms with van der Waals surface area (Å²) in [6.45, 7) is 2.67. The lowest BCUT2D eigenvalue weighted by molar-refractivity contribution is 0.174. The van der Waals surface area contributed by atoms with E-state index in [0.29, 0.717) is 5.92 Å². The Morgan fingerprint density at radius 1 is 0.857 bits per heavy atom. The molecule has 0 spiro atoms. The molecular formula is C12H26O2. The SMILES string of the molecule is CCCCCCCC[C@@H](CO)CCO. The summed E-state index contributed by atoms with van der Waals surface area (Å²) in [5.41, 5.74) is 0. The summed E-state index contributed by atoms with van der Waals surface area (Å²) in [5, 5.41) is 17.7. The molecule has 0 fully saturated rings. The van der Waals surface area contributed by atoms with Gasteiger partial charge < -0.3 is 10.2 Å². The number of rotatable bonds is 10. The van der Waals surface area contributed by atoms with Gasteiger partial charge in [-0.05, 0) is 18.8 Å². The van der Waals surface area contributed by atoms with Crippen molar-refractivity contribution in [3.05, 3.63) is 0 Å². The maximum Gasteiger partial charge on any atom is 0.0460 e. The van der Waals surface area contributed by atoms with E-state index in [-0.39, 0.29) is 13.2 Å². The van der Waals surface area contributed by atoms with E-state index in [4.69, 9.17) is 10.2 Å². The molecule has 0 heterocycles. The molecule has 0 aliphatic heterocycles. The molecule has 0 aliphatic carbocycles. The molecule has 0 aromatic carbocycles. The highest BCUT2D eigenvalue weighted by atomic mass is 16.3. The maximum atomic E-state index is 8.99. The standard InChI is InChI=1S/C12H26O2/c1-2-3-4-5-6-7-8-12(11-14)9-10-13/h12-14H,2-11H2,1H3/t12-/m1/s1. The molecule has 0 bridgehead atoms. The summed E-state index contributed by atoms with van der Waals surface area (Å²) in [5.74, 6) is 0.325. The molecule has 0 saturated carbocycles. The molecular weight excluding hydrogens is 176 g/mol. The van der Waals surface area contributed by atoms with E-state index in [1.165, 1.54) is 38.5 Å². The first-order valence-electron chi connectivity index (χ1n) is 6.06. The number of unbranched alkanes of at least 4 members (excludes halogenated alkanes) is 5. The zero-order valence-electron chi connectivity index (χ0n) is 9.54. The zero-order chi connectivity index (χ0) is 10.6. The van der Waals surface area contributed by atoms with Crippen molar-refractivity contribution in [1.82, 2.24) is 0 Å². The predicted molar refractivity (Wildman–Crippen MR) is 60.3 cm³/mol. The van der Waals surface area contributed by atoms with Crippen molar-refractivity contribution < 1.29 is 10.2 Å². The van der Waals surface area contributed by atoms with E-state index in [2.05, 4.69) is 6.92 Å². The van der Waals surface area contributed by atoms with E-state index in [9.17, 15) is 0 Å². The van der Waals surface area contributed by atoms with Crippen molar-refractivity contribution in [2.75, 3.05) is 13.2 Å². The minimum Gasteiger partial charge on any atom is -0.396 e. The van der Waals surface area contributed by atoms with Gasteiger partial charge in [-0.25, -0.2) is 0 Å². The van der Waals surface area contributed by atoms with Crippen LogP contribution >= 0.6 is 0 Å². The predicted octanol–water partition coefficient (Wildman–Crippen LogP) is 2.73. The van der Waals surface area contributed by atoms with Gasteiger partial charge >= 0.3 is 0 Å². The second kappa shape index (κ2) is 11.0. The average molecular weight is 202 g/mol. The number of hydrogen-bond donors (Lipinski definition) is 2. The molecule has 2 heteroatoms. The van der Waals surface area contributed by atoms with Gasteiger partial charge in [0.15, 0.2) is 0 Å². The van der Waals surface area contributed by atoms with Crippen LogP contribution in [-0.4, -0.2) is 23.4 Å². The van der Waals surface area contributed by atoms with Crippen molar-refractivity contribution in [1.29, 1.82) is 0 Å². The van der Waals surface area contributed by atoms with E-state index >= 15 is 0 Å². The molecule has 2 nitrogen and oxygen atoms in total. The van der Waals surface area contributed by atoms with Gasteiger partial charge in [0.05, 0.1) is 0 Å². The van der Waals surface area contributed by atoms with Crippen LogP contribution in [0.15, 0.2) is 0 Å². The first-order valence-corrected chi connectivity index (χ1v) is 6.06. The number of aliphatic hydroxyl groups excluding tert-OH is 2. The van der Waals surface area contributed by atoms with Gasteiger partial charge in [-0.2, -0.15) is 0 Å². The molecule has 0 saturated heterocycles. The number of aliphatic hydroxyl groups is 2. The largest absolute Gasteiger partial charge is 0.396 e. The van der Waals surface area contributed by atoms with Gasteiger partial charge in [0.1, 0.15) is 0 Å². The summed E-state index contributed by atoms with van der Waals surface area (Å²) < 4.78 is 0. The molecule has 0 aliphatic rings. The fraction of sp³-hybridized carbons (Fsp3) is 1.00. The highest BCUT2D eigenvalue weighted by Crippen LogP contribution is 2.14. The Kier molecular flexibility index (Phi) is 10.9. The van der Waals surface area contributed by atoms with Gasteiger partial charge in [-0.15, -0.1) is 0 Å². The number of hydrogen-bond acceptors (Lipinski definition) is 2. The third-order valence-electron chi connectivity index (χ3n) is 2.76. The third-order valence-corrected chi connectivity index (χ3v) is 2.76. The summed E-state index contributed by atoms with van der Waals surface area (Å²) >= 11 is 0. The van der Waals surface area contributed by atoms with Crippen LogP contribution in [0.2, 0.25) is 0 Å². The fourth-order valence-electron chi connectivity index (χ4n) is 1.72. The molecule has 0 amide bonds. The van der Waals surface area contributed by atoms with Crippen molar-refractivity contribution in [3.8, 4) is 0 Å². The molecule has 0 radical (unpaired) electrons. The van der Waals surface area contributed by atoms with E-state index in [1.807, 2.05) is 0 Å². The Labute approximate surface area is 88.3 Å². The van der Waals surface area contributed by atoms with Gasteiger partial charge in [-0.3, -0.25) is 0 Å². The molecule has 1 atom stereocenters. The van der Waals surface area contributed by atoms with Crippen molar-refractivity contribution in [2.45, 2.75) is 58.3 Å². The average Bonchev–Trinajstić information content (AvgIpc) is 2.21. The topological polar surface area (TPSA) is 40.5 Å². The van der Waals surface area contributed by atoms with Crippen LogP contribution in [-0.2, 0) is 0 Å². The molecule has 2 N–H and O–H groups in total. The summed E-state index contributed by atoms with van der Waals surface area (Å²) in [7, 11) is 0. The van der Waals surface area contributed by atoms with Crippen LogP contribution < -0.4 is 0 Å². The van der Waals surface area contributed by atoms with Crippen LogP contribution in [0.5, 0.6) is 0 Å². The Morgan fingerprint density at radius 3 is 2.07 bits per heavy atom. The van der Waals surface area contributed by atoms with Crippen LogP contribution in [0.3, 0.4) is 0 Å².